The second-order valence-corrected chi connectivity index (χ2v) is 4.43. The fourth-order valence-corrected chi connectivity index (χ4v) is 2.11. The number of aromatic nitrogens is 1. The van der Waals surface area contributed by atoms with Gasteiger partial charge in [-0.2, -0.15) is 5.26 Å². The lowest BCUT2D eigenvalue weighted by atomic mass is 9.98. The van der Waals surface area contributed by atoms with E-state index >= 15 is 0 Å². The van der Waals surface area contributed by atoms with Crippen LogP contribution in [-0.4, -0.2) is 4.98 Å². The van der Waals surface area contributed by atoms with Crippen LogP contribution < -0.4 is 0 Å². The minimum atomic E-state index is 0.689. The quantitative estimate of drug-likeness (QED) is 0.776. The van der Waals surface area contributed by atoms with Gasteiger partial charge in [0.2, 0.25) is 0 Å². The Kier molecular flexibility index (Phi) is 2.38. The summed E-state index contributed by atoms with van der Waals surface area (Å²) in [5.74, 6) is 0.689. The highest BCUT2D eigenvalue weighted by Gasteiger charge is 2.26. The molecule has 0 bridgehead atoms. The molecular weight excluding hydrogens is 208 g/mol. The molecule has 1 heterocycles. The fourth-order valence-electron chi connectivity index (χ4n) is 2.11. The first kappa shape index (κ1) is 10.0. The lowest BCUT2D eigenvalue weighted by molar-refractivity contribution is 1.10. The normalized spacial score (nSPS) is 14.3. The highest BCUT2D eigenvalue weighted by atomic mass is 14.6. The maximum absolute atomic E-state index is 8.79. The minimum absolute atomic E-state index is 0.689. The van der Waals surface area contributed by atoms with Crippen LogP contribution in [0.2, 0.25) is 0 Å². The standard InChI is InChI=1S/C15H12N2/c16-9-11-1-3-12(4-2-11)14-7-8-17-10-15(14)13-5-6-13/h1-4,7-8,10,13H,5-6H2. The molecule has 1 fully saturated rings. The van der Waals surface area contributed by atoms with Gasteiger partial charge in [-0.3, -0.25) is 4.98 Å². The Morgan fingerprint density at radius 2 is 1.88 bits per heavy atom. The van der Waals surface area contributed by atoms with Crippen LogP contribution in [0.5, 0.6) is 0 Å². The molecule has 1 aliphatic carbocycles. The van der Waals surface area contributed by atoms with Gasteiger partial charge in [0.1, 0.15) is 0 Å². The van der Waals surface area contributed by atoms with E-state index in [0.717, 1.165) is 0 Å². The Morgan fingerprint density at radius 3 is 2.53 bits per heavy atom. The van der Waals surface area contributed by atoms with Gasteiger partial charge < -0.3 is 0 Å². The molecule has 0 unspecified atom stereocenters. The molecule has 3 rings (SSSR count). The van der Waals surface area contributed by atoms with Crippen molar-refractivity contribution < 1.29 is 0 Å². The molecule has 0 N–H and O–H groups in total. The van der Waals surface area contributed by atoms with E-state index in [1.165, 1.54) is 29.5 Å². The number of rotatable bonds is 2. The van der Waals surface area contributed by atoms with E-state index in [2.05, 4.69) is 17.1 Å². The molecule has 1 saturated carbocycles. The van der Waals surface area contributed by atoms with Crippen molar-refractivity contribution in [3.63, 3.8) is 0 Å². The summed E-state index contributed by atoms with van der Waals surface area (Å²) >= 11 is 0. The van der Waals surface area contributed by atoms with Crippen LogP contribution in [0.1, 0.15) is 29.9 Å². The van der Waals surface area contributed by atoms with Crippen molar-refractivity contribution in [2.24, 2.45) is 0 Å². The summed E-state index contributed by atoms with van der Waals surface area (Å²) in [5, 5.41) is 8.79. The average Bonchev–Trinajstić information content (AvgIpc) is 3.23. The SMILES string of the molecule is N#Cc1ccc(-c2ccncc2C2CC2)cc1. The number of nitrogens with zero attached hydrogens (tertiary/aromatic N) is 2. The first-order valence-electron chi connectivity index (χ1n) is 5.83. The van der Waals surface area contributed by atoms with Gasteiger partial charge in [0.05, 0.1) is 11.6 Å². The maximum atomic E-state index is 8.79. The minimum Gasteiger partial charge on any atom is -0.264 e. The van der Waals surface area contributed by atoms with Crippen LogP contribution in [-0.2, 0) is 0 Å². The van der Waals surface area contributed by atoms with E-state index in [4.69, 9.17) is 5.26 Å². The van der Waals surface area contributed by atoms with E-state index in [1.54, 1.807) is 0 Å². The summed E-state index contributed by atoms with van der Waals surface area (Å²) in [6.45, 7) is 0. The summed E-state index contributed by atoms with van der Waals surface area (Å²) in [6.07, 6.45) is 6.36. The van der Waals surface area contributed by atoms with Crippen molar-refractivity contribution in [1.29, 1.82) is 5.26 Å². The molecular formula is C15H12N2. The molecule has 0 amide bonds. The summed E-state index contributed by atoms with van der Waals surface area (Å²) in [5.41, 5.74) is 4.48. The lowest BCUT2D eigenvalue weighted by Gasteiger charge is -2.07. The van der Waals surface area contributed by atoms with Gasteiger partial charge in [0, 0.05) is 12.4 Å². The fraction of sp³-hybridized carbons (Fsp3) is 0.200. The predicted octanol–water partition coefficient (Wildman–Crippen LogP) is 3.50. The molecule has 82 valence electrons. The molecule has 0 spiro atoms. The van der Waals surface area contributed by atoms with Crippen molar-refractivity contribution in [3.8, 4) is 17.2 Å². The molecule has 2 nitrogen and oxygen atoms in total. The smallest absolute Gasteiger partial charge is 0.0991 e. The molecule has 17 heavy (non-hydrogen) atoms. The van der Waals surface area contributed by atoms with Crippen LogP contribution in [0.15, 0.2) is 42.7 Å². The zero-order valence-corrected chi connectivity index (χ0v) is 9.43. The van der Waals surface area contributed by atoms with Crippen molar-refractivity contribution >= 4 is 0 Å². The molecule has 0 atom stereocenters. The highest BCUT2D eigenvalue weighted by Crippen LogP contribution is 2.43. The van der Waals surface area contributed by atoms with E-state index in [-0.39, 0.29) is 0 Å². The predicted molar refractivity (Wildman–Crippen MR) is 66.4 cm³/mol. The van der Waals surface area contributed by atoms with Gasteiger partial charge in [-0.15, -0.1) is 0 Å². The Balaban J connectivity index is 2.05. The van der Waals surface area contributed by atoms with Gasteiger partial charge in [-0.1, -0.05) is 12.1 Å². The maximum Gasteiger partial charge on any atom is 0.0991 e. The van der Waals surface area contributed by atoms with Crippen molar-refractivity contribution in [1.82, 2.24) is 4.98 Å². The van der Waals surface area contributed by atoms with E-state index in [1.807, 2.05) is 36.7 Å². The molecule has 0 radical (unpaired) electrons. The van der Waals surface area contributed by atoms with Crippen molar-refractivity contribution in [2.45, 2.75) is 18.8 Å². The molecule has 1 aromatic heterocycles. The summed E-state index contributed by atoms with van der Waals surface area (Å²) < 4.78 is 0. The number of hydrogen-bond acceptors (Lipinski definition) is 2. The van der Waals surface area contributed by atoms with Gasteiger partial charge in [-0.25, -0.2) is 0 Å². The molecule has 0 aliphatic heterocycles. The van der Waals surface area contributed by atoms with E-state index < -0.39 is 0 Å². The van der Waals surface area contributed by atoms with Crippen molar-refractivity contribution in [3.05, 3.63) is 53.9 Å². The zero-order valence-electron chi connectivity index (χ0n) is 9.43. The Hall–Kier alpha value is -2.14. The molecule has 2 aromatic rings. The van der Waals surface area contributed by atoms with Crippen LogP contribution in [0, 0.1) is 11.3 Å². The number of hydrogen-bond donors (Lipinski definition) is 0. The molecule has 2 heteroatoms. The summed E-state index contributed by atoms with van der Waals surface area (Å²) in [7, 11) is 0. The third-order valence-corrected chi connectivity index (χ3v) is 3.19. The van der Waals surface area contributed by atoms with Gasteiger partial charge in [0.15, 0.2) is 0 Å². The van der Waals surface area contributed by atoms with E-state index in [0.29, 0.717) is 11.5 Å². The van der Waals surface area contributed by atoms with Crippen LogP contribution in [0.4, 0.5) is 0 Å². The van der Waals surface area contributed by atoms with Crippen molar-refractivity contribution in [2.75, 3.05) is 0 Å². The largest absolute Gasteiger partial charge is 0.264 e. The molecule has 1 aromatic carbocycles. The number of nitriles is 1. The average molecular weight is 220 g/mol. The van der Waals surface area contributed by atoms with Gasteiger partial charge in [0.25, 0.3) is 0 Å². The third-order valence-electron chi connectivity index (χ3n) is 3.19. The topological polar surface area (TPSA) is 36.7 Å². The van der Waals surface area contributed by atoms with Gasteiger partial charge >= 0.3 is 0 Å². The summed E-state index contributed by atoms with van der Waals surface area (Å²) in [6, 6.07) is 12.0. The second kappa shape index (κ2) is 4.03. The monoisotopic (exact) mass is 220 g/mol. The van der Waals surface area contributed by atoms with Crippen LogP contribution >= 0.6 is 0 Å². The van der Waals surface area contributed by atoms with Crippen LogP contribution in [0.25, 0.3) is 11.1 Å². The second-order valence-electron chi connectivity index (χ2n) is 4.43. The number of pyridine rings is 1. The van der Waals surface area contributed by atoms with Crippen LogP contribution in [0.3, 0.4) is 0 Å². The summed E-state index contributed by atoms with van der Waals surface area (Å²) in [4.78, 5) is 4.21. The third kappa shape index (κ3) is 1.92. The zero-order chi connectivity index (χ0) is 11.7. The molecule has 0 saturated heterocycles. The van der Waals surface area contributed by atoms with Gasteiger partial charge in [-0.05, 0) is 53.6 Å². The number of benzene rings is 1. The first-order chi connectivity index (χ1) is 8.38. The Bertz CT molecular complexity index is 575. The highest BCUT2D eigenvalue weighted by molar-refractivity contribution is 5.68. The Morgan fingerprint density at radius 1 is 1.12 bits per heavy atom. The first-order valence-corrected chi connectivity index (χ1v) is 5.83. The van der Waals surface area contributed by atoms with E-state index in [9.17, 15) is 0 Å². The molecule has 1 aliphatic rings. The Labute approximate surface area is 101 Å². The lowest BCUT2D eigenvalue weighted by Crippen LogP contribution is -1.88.